The summed E-state index contributed by atoms with van der Waals surface area (Å²) in [7, 11) is 0. The van der Waals surface area contributed by atoms with Crippen LogP contribution in [0.25, 0.3) is 22.5 Å². The third kappa shape index (κ3) is 2.72. The van der Waals surface area contributed by atoms with E-state index in [1.54, 1.807) is 0 Å². The van der Waals surface area contributed by atoms with Crippen LogP contribution in [0.15, 0.2) is 30.6 Å². The van der Waals surface area contributed by atoms with Crippen molar-refractivity contribution in [3.05, 3.63) is 52.4 Å². The van der Waals surface area contributed by atoms with Crippen LogP contribution in [-0.2, 0) is 12.8 Å². The van der Waals surface area contributed by atoms with Gasteiger partial charge in [-0.3, -0.25) is 4.79 Å². The molecule has 4 N–H and O–H groups in total. The molecule has 3 aromatic rings. The van der Waals surface area contributed by atoms with Gasteiger partial charge in [-0.05, 0) is 42.2 Å². The summed E-state index contributed by atoms with van der Waals surface area (Å²) in [5.74, 6) is 0.320. The fourth-order valence-electron chi connectivity index (χ4n) is 3.44. The summed E-state index contributed by atoms with van der Waals surface area (Å²) in [4.78, 5) is 23.9. The zero-order valence-corrected chi connectivity index (χ0v) is 15.0. The van der Waals surface area contributed by atoms with Crippen LogP contribution in [0, 0.1) is 0 Å². The molecule has 0 atom stereocenters. The zero-order valence-electron chi connectivity index (χ0n) is 14.3. The molecule has 3 heterocycles. The van der Waals surface area contributed by atoms with Gasteiger partial charge in [-0.15, -0.1) is 0 Å². The number of aromatic nitrogens is 3. The van der Waals surface area contributed by atoms with Gasteiger partial charge in [0.25, 0.3) is 5.91 Å². The summed E-state index contributed by atoms with van der Waals surface area (Å²) >= 11 is 6.20. The van der Waals surface area contributed by atoms with Gasteiger partial charge in [-0.1, -0.05) is 24.6 Å². The Morgan fingerprint density at radius 1 is 1.27 bits per heavy atom. The van der Waals surface area contributed by atoms with E-state index in [4.69, 9.17) is 17.3 Å². The average Bonchev–Trinajstić information content (AvgIpc) is 3.28. The first-order valence-corrected chi connectivity index (χ1v) is 8.86. The number of carbonyl (C=O) groups is 1. The van der Waals surface area contributed by atoms with Crippen molar-refractivity contribution < 1.29 is 4.79 Å². The van der Waals surface area contributed by atoms with Gasteiger partial charge in [-0.25, -0.2) is 9.97 Å². The smallest absolute Gasteiger partial charge is 0.265 e. The molecule has 26 heavy (non-hydrogen) atoms. The van der Waals surface area contributed by atoms with Gasteiger partial charge in [-0.2, -0.15) is 0 Å². The Labute approximate surface area is 155 Å². The number of nitrogens with two attached hydrogens (primary N) is 1. The van der Waals surface area contributed by atoms with Gasteiger partial charge in [0, 0.05) is 22.7 Å². The van der Waals surface area contributed by atoms with Gasteiger partial charge >= 0.3 is 0 Å². The number of hydrogen-bond donors (Lipinski definition) is 3. The maximum atomic E-state index is 12.1. The van der Waals surface area contributed by atoms with Crippen molar-refractivity contribution >= 4 is 23.3 Å². The second-order valence-electron chi connectivity index (χ2n) is 6.22. The zero-order chi connectivity index (χ0) is 18.3. The maximum Gasteiger partial charge on any atom is 0.265 e. The molecule has 0 saturated heterocycles. The normalized spacial score (nSPS) is 12.7. The molecule has 0 fully saturated rings. The average molecular weight is 368 g/mol. The molecule has 1 aliphatic rings. The van der Waals surface area contributed by atoms with Crippen LogP contribution in [0.2, 0.25) is 5.02 Å². The van der Waals surface area contributed by atoms with E-state index in [9.17, 15) is 4.79 Å². The summed E-state index contributed by atoms with van der Waals surface area (Å²) in [5, 5.41) is 3.85. The Balaban J connectivity index is 1.92. The summed E-state index contributed by atoms with van der Waals surface area (Å²) in [6.07, 6.45) is 3.18. The number of benzene rings is 1. The van der Waals surface area contributed by atoms with Gasteiger partial charge in [0.05, 0.1) is 11.4 Å². The highest BCUT2D eigenvalue weighted by Crippen LogP contribution is 2.35. The number of carbonyl (C=O) groups excluding carboxylic acids is 1. The molecule has 0 unspecified atom stereocenters. The first-order chi connectivity index (χ1) is 12.6. The Kier molecular flexibility index (Phi) is 4.12. The lowest BCUT2D eigenvalue weighted by Gasteiger charge is -2.08. The summed E-state index contributed by atoms with van der Waals surface area (Å²) in [5.41, 5.74) is 11.3. The number of anilines is 1. The van der Waals surface area contributed by atoms with Crippen LogP contribution >= 0.6 is 11.6 Å². The first-order valence-electron chi connectivity index (χ1n) is 8.48. The Morgan fingerprint density at radius 2 is 2.12 bits per heavy atom. The number of aryl methyl sites for hydroxylation is 1. The minimum Gasteiger partial charge on any atom is -0.369 e. The Bertz CT molecular complexity index is 1010. The van der Waals surface area contributed by atoms with E-state index in [1.807, 2.05) is 24.3 Å². The van der Waals surface area contributed by atoms with Gasteiger partial charge in [0.2, 0.25) is 0 Å². The molecule has 132 valence electrons. The lowest BCUT2D eigenvalue weighted by molar-refractivity contribution is 0.0997. The highest BCUT2D eigenvalue weighted by atomic mass is 35.5. The molecule has 0 bridgehead atoms. The standard InChI is InChI=1S/C19H18ClN5O/c1-2-10-3-4-11(20)7-13(10)14-8-15(25-17(14)18(21)26)16-12-5-6-22-19(12)24-9-23-16/h3-4,7-9,25H,2,5-6H2,1H3,(H2,21,26)(H,22,23,24). The van der Waals surface area contributed by atoms with Crippen LogP contribution in [0.5, 0.6) is 0 Å². The number of fused-ring (bicyclic) bond motifs is 1. The number of nitrogens with one attached hydrogen (secondary N) is 2. The second-order valence-corrected chi connectivity index (χ2v) is 6.65. The van der Waals surface area contributed by atoms with E-state index in [2.05, 4.69) is 27.2 Å². The van der Waals surface area contributed by atoms with Crippen LogP contribution in [0.1, 0.15) is 28.5 Å². The number of halogens is 1. The molecular weight excluding hydrogens is 350 g/mol. The molecule has 1 amide bonds. The third-order valence-electron chi connectivity index (χ3n) is 4.67. The Hall–Kier alpha value is -2.86. The predicted molar refractivity (Wildman–Crippen MR) is 102 cm³/mol. The topological polar surface area (TPSA) is 96.7 Å². The largest absolute Gasteiger partial charge is 0.369 e. The number of nitrogens with zero attached hydrogens (tertiary/aromatic N) is 2. The first kappa shape index (κ1) is 16.6. The van der Waals surface area contributed by atoms with Crippen LogP contribution in [0.3, 0.4) is 0 Å². The molecule has 0 spiro atoms. The minimum absolute atomic E-state index is 0.357. The third-order valence-corrected chi connectivity index (χ3v) is 4.91. The number of hydrogen-bond acceptors (Lipinski definition) is 4. The lowest BCUT2D eigenvalue weighted by atomic mass is 9.97. The highest BCUT2D eigenvalue weighted by molar-refractivity contribution is 6.31. The molecule has 1 aromatic carbocycles. The summed E-state index contributed by atoms with van der Waals surface area (Å²) in [6.45, 7) is 2.89. The van der Waals surface area contributed by atoms with Crippen molar-refractivity contribution in [2.45, 2.75) is 19.8 Å². The second kappa shape index (κ2) is 6.46. The molecular formula is C19H18ClN5O. The van der Waals surface area contributed by atoms with E-state index in [0.717, 1.165) is 58.8 Å². The summed E-state index contributed by atoms with van der Waals surface area (Å²) in [6, 6.07) is 7.61. The minimum atomic E-state index is -0.517. The van der Waals surface area contributed by atoms with Crippen molar-refractivity contribution in [3.63, 3.8) is 0 Å². The van der Waals surface area contributed by atoms with Gasteiger partial charge in [0.1, 0.15) is 17.8 Å². The van der Waals surface area contributed by atoms with Crippen molar-refractivity contribution in [3.8, 4) is 22.5 Å². The van der Waals surface area contributed by atoms with Crippen molar-refractivity contribution in [1.29, 1.82) is 0 Å². The molecule has 7 heteroatoms. The van der Waals surface area contributed by atoms with Crippen LogP contribution in [0.4, 0.5) is 5.82 Å². The van der Waals surface area contributed by atoms with Gasteiger partial charge < -0.3 is 16.0 Å². The fourth-order valence-corrected chi connectivity index (χ4v) is 3.61. The van der Waals surface area contributed by atoms with E-state index in [1.165, 1.54) is 6.33 Å². The van der Waals surface area contributed by atoms with Gasteiger partial charge in [0.15, 0.2) is 0 Å². The molecule has 0 radical (unpaired) electrons. The van der Waals surface area contributed by atoms with Crippen molar-refractivity contribution in [1.82, 2.24) is 15.0 Å². The van der Waals surface area contributed by atoms with E-state index in [-0.39, 0.29) is 0 Å². The van der Waals surface area contributed by atoms with E-state index in [0.29, 0.717) is 10.7 Å². The number of H-pyrrole nitrogens is 1. The molecule has 0 saturated carbocycles. The van der Waals surface area contributed by atoms with Crippen LogP contribution in [-0.4, -0.2) is 27.4 Å². The van der Waals surface area contributed by atoms with E-state index < -0.39 is 5.91 Å². The Morgan fingerprint density at radius 3 is 2.88 bits per heavy atom. The highest BCUT2D eigenvalue weighted by Gasteiger charge is 2.22. The van der Waals surface area contributed by atoms with Crippen LogP contribution < -0.4 is 11.1 Å². The van der Waals surface area contributed by atoms with E-state index >= 15 is 0 Å². The van der Waals surface area contributed by atoms with Crippen molar-refractivity contribution in [2.75, 3.05) is 11.9 Å². The predicted octanol–water partition coefficient (Wildman–Crippen LogP) is 3.42. The molecule has 6 nitrogen and oxygen atoms in total. The summed E-state index contributed by atoms with van der Waals surface area (Å²) < 4.78 is 0. The fraction of sp³-hybridized carbons (Fsp3) is 0.211. The molecule has 4 rings (SSSR count). The maximum absolute atomic E-state index is 12.1. The number of rotatable bonds is 4. The quantitative estimate of drug-likeness (QED) is 0.658. The lowest BCUT2D eigenvalue weighted by Crippen LogP contribution is -2.13. The SMILES string of the molecule is CCc1ccc(Cl)cc1-c1cc(-c2ncnc3c2CCN3)[nH]c1C(N)=O. The molecule has 1 aliphatic heterocycles. The molecule has 2 aromatic heterocycles. The van der Waals surface area contributed by atoms with Crippen molar-refractivity contribution in [2.24, 2.45) is 5.73 Å². The monoisotopic (exact) mass is 367 g/mol. The number of aromatic amines is 1. The molecule has 0 aliphatic carbocycles. The number of amides is 1. The number of primary amides is 1.